The van der Waals surface area contributed by atoms with E-state index in [0.29, 0.717) is 6.54 Å². The Labute approximate surface area is 119 Å². The Morgan fingerprint density at radius 1 is 1.35 bits per heavy atom. The maximum Gasteiger partial charge on any atom is 0.243 e. The maximum atomic E-state index is 11.9. The van der Waals surface area contributed by atoms with Crippen LogP contribution in [-0.2, 0) is 13.6 Å². The van der Waals surface area contributed by atoms with Crippen molar-refractivity contribution in [1.29, 1.82) is 0 Å². The van der Waals surface area contributed by atoms with E-state index in [1.807, 2.05) is 59.2 Å². The highest BCUT2D eigenvalue weighted by Crippen LogP contribution is 2.11. The predicted molar refractivity (Wildman–Crippen MR) is 64.1 cm³/mol. The largest absolute Gasteiger partial charge is 1.00 e. The number of Topliss-reactive ketones (excluding diaryl/α,β-unsaturated/α-hetero) is 1. The number of aromatic nitrogens is 2. The molecule has 0 unspecified atom stereocenters. The van der Waals surface area contributed by atoms with Crippen molar-refractivity contribution in [1.82, 2.24) is 4.57 Å². The molecule has 0 atom stereocenters. The lowest BCUT2D eigenvalue weighted by atomic mass is 10.1. The zero-order valence-corrected chi connectivity index (χ0v) is 12.5. The van der Waals surface area contributed by atoms with Gasteiger partial charge in [0.1, 0.15) is 12.4 Å². The van der Waals surface area contributed by atoms with Crippen LogP contribution in [0.25, 0.3) is 0 Å². The molecule has 0 aliphatic heterocycles. The van der Waals surface area contributed by atoms with Gasteiger partial charge in [-0.05, 0) is 12.1 Å². The van der Waals surface area contributed by atoms with Crippen molar-refractivity contribution in [3.63, 3.8) is 0 Å². The van der Waals surface area contributed by atoms with Crippen molar-refractivity contribution < 1.29 is 26.3 Å². The standard InChI is InChI=1S/C12H12BrN2O.BrH/c1-14-6-7-15(9-14)8-12(16)10-2-4-11(13)5-3-10;/h2-7,9H,8H2,1H3;1H/q+1;/p-1. The van der Waals surface area contributed by atoms with Gasteiger partial charge in [-0.3, -0.25) is 4.79 Å². The van der Waals surface area contributed by atoms with E-state index in [0.717, 1.165) is 10.0 Å². The molecule has 0 aliphatic rings. The number of imidazole rings is 1. The molecule has 90 valence electrons. The second-order valence-electron chi connectivity index (χ2n) is 3.68. The molecule has 0 spiro atoms. The molecule has 3 nitrogen and oxygen atoms in total. The van der Waals surface area contributed by atoms with Gasteiger partial charge in [0.2, 0.25) is 12.1 Å². The van der Waals surface area contributed by atoms with Crippen LogP contribution in [0.3, 0.4) is 0 Å². The summed E-state index contributed by atoms with van der Waals surface area (Å²) in [6.07, 6.45) is 5.68. The molecule has 2 rings (SSSR count). The van der Waals surface area contributed by atoms with Crippen molar-refractivity contribution in [2.45, 2.75) is 6.54 Å². The third kappa shape index (κ3) is 3.78. The van der Waals surface area contributed by atoms with Crippen molar-refractivity contribution in [3.8, 4) is 0 Å². The summed E-state index contributed by atoms with van der Waals surface area (Å²) in [5, 5.41) is 0. The Kier molecular flexibility index (Phi) is 5.08. The molecular weight excluding hydrogens is 348 g/mol. The molecule has 0 aliphatic carbocycles. The summed E-state index contributed by atoms with van der Waals surface area (Å²) in [7, 11) is 1.93. The van der Waals surface area contributed by atoms with Crippen LogP contribution in [0.4, 0.5) is 0 Å². The number of nitrogens with zero attached hydrogens (tertiary/aromatic N) is 2. The second kappa shape index (κ2) is 6.12. The molecule has 0 N–H and O–H groups in total. The van der Waals surface area contributed by atoms with E-state index < -0.39 is 0 Å². The Hall–Kier alpha value is -0.940. The van der Waals surface area contributed by atoms with Gasteiger partial charge in [-0.2, -0.15) is 0 Å². The fourth-order valence-corrected chi connectivity index (χ4v) is 1.75. The summed E-state index contributed by atoms with van der Waals surface area (Å²) in [5.41, 5.74) is 0.736. The Morgan fingerprint density at radius 2 is 2.00 bits per heavy atom. The molecule has 0 radical (unpaired) electrons. The predicted octanol–water partition coefficient (Wildman–Crippen LogP) is -1.04. The quantitative estimate of drug-likeness (QED) is 0.508. The summed E-state index contributed by atoms with van der Waals surface area (Å²) in [6.45, 7) is 0.377. The molecule has 5 heteroatoms. The van der Waals surface area contributed by atoms with Crippen LogP contribution in [0.5, 0.6) is 0 Å². The van der Waals surface area contributed by atoms with Crippen LogP contribution in [0.2, 0.25) is 0 Å². The van der Waals surface area contributed by atoms with Gasteiger partial charge in [0.15, 0.2) is 6.54 Å². The summed E-state index contributed by atoms with van der Waals surface area (Å²) in [4.78, 5) is 11.9. The van der Waals surface area contributed by atoms with Gasteiger partial charge in [-0.1, -0.05) is 28.1 Å². The molecular formula is C12H12Br2N2O. The first-order chi connectivity index (χ1) is 7.65. The number of benzene rings is 1. The summed E-state index contributed by atoms with van der Waals surface area (Å²) < 4.78 is 4.76. The second-order valence-corrected chi connectivity index (χ2v) is 4.60. The molecule has 0 bridgehead atoms. The van der Waals surface area contributed by atoms with Crippen LogP contribution in [0, 0.1) is 0 Å². The number of ketones is 1. The first kappa shape index (κ1) is 14.1. The first-order valence-electron chi connectivity index (χ1n) is 4.95. The average Bonchev–Trinajstić information content (AvgIpc) is 2.65. The van der Waals surface area contributed by atoms with Gasteiger partial charge in [0.05, 0.1) is 7.05 Å². The molecule has 17 heavy (non-hydrogen) atoms. The van der Waals surface area contributed by atoms with E-state index in [1.54, 1.807) is 0 Å². The molecule has 1 aromatic carbocycles. The lowest BCUT2D eigenvalue weighted by Gasteiger charge is -1.98. The smallest absolute Gasteiger partial charge is 0.243 e. The number of hydrogen-bond acceptors (Lipinski definition) is 1. The molecule has 0 saturated heterocycles. The highest BCUT2D eigenvalue weighted by atomic mass is 79.9. The van der Waals surface area contributed by atoms with E-state index in [2.05, 4.69) is 15.9 Å². The summed E-state index contributed by atoms with van der Waals surface area (Å²) >= 11 is 3.34. The minimum absolute atomic E-state index is 0. The van der Waals surface area contributed by atoms with Crippen molar-refractivity contribution in [3.05, 3.63) is 53.0 Å². The van der Waals surface area contributed by atoms with Gasteiger partial charge in [0, 0.05) is 10.0 Å². The van der Waals surface area contributed by atoms with E-state index in [1.165, 1.54) is 0 Å². The van der Waals surface area contributed by atoms with Gasteiger partial charge >= 0.3 is 0 Å². The number of hydrogen-bond donors (Lipinski definition) is 0. The molecule has 0 saturated carbocycles. The maximum absolute atomic E-state index is 11.9. The van der Waals surface area contributed by atoms with E-state index in [4.69, 9.17) is 0 Å². The zero-order chi connectivity index (χ0) is 11.5. The minimum Gasteiger partial charge on any atom is -1.00 e. The summed E-state index contributed by atoms with van der Waals surface area (Å²) in [5.74, 6) is 0.115. The van der Waals surface area contributed by atoms with Crippen LogP contribution in [0.15, 0.2) is 47.5 Å². The lowest BCUT2D eigenvalue weighted by Crippen LogP contribution is -3.00. The van der Waals surface area contributed by atoms with Gasteiger partial charge in [-0.25, -0.2) is 9.13 Å². The van der Waals surface area contributed by atoms with E-state index >= 15 is 0 Å². The first-order valence-corrected chi connectivity index (χ1v) is 5.74. The number of rotatable bonds is 3. The molecule has 1 aromatic heterocycles. The Balaban J connectivity index is 0.00000144. The SMILES string of the molecule is C[n+]1ccn(CC(=O)c2ccc(Br)cc2)c1.[Br-]. The number of carbonyl (C=O) groups is 1. The minimum atomic E-state index is 0. The molecule has 1 heterocycles. The monoisotopic (exact) mass is 358 g/mol. The third-order valence-corrected chi connectivity index (χ3v) is 2.84. The Morgan fingerprint density at radius 3 is 2.53 bits per heavy atom. The third-order valence-electron chi connectivity index (χ3n) is 2.32. The van der Waals surface area contributed by atoms with Gasteiger partial charge in [0.25, 0.3) is 0 Å². The van der Waals surface area contributed by atoms with Crippen LogP contribution < -0.4 is 21.5 Å². The van der Waals surface area contributed by atoms with Crippen LogP contribution in [-0.4, -0.2) is 10.4 Å². The fourth-order valence-electron chi connectivity index (χ4n) is 1.49. The molecule has 0 amide bonds. The normalized spacial score (nSPS) is 9.76. The summed E-state index contributed by atoms with van der Waals surface area (Å²) in [6, 6.07) is 7.41. The zero-order valence-electron chi connectivity index (χ0n) is 9.31. The number of carbonyl (C=O) groups excluding carboxylic acids is 1. The highest BCUT2D eigenvalue weighted by Gasteiger charge is 2.10. The van der Waals surface area contributed by atoms with Crippen LogP contribution in [0.1, 0.15) is 10.4 Å². The lowest BCUT2D eigenvalue weighted by molar-refractivity contribution is -0.671. The van der Waals surface area contributed by atoms with E-state index in [-0.39, 0.29) is 22.8 Å². The van der Waals surface area contributed by atoms with E-state index in [9.17, 15) is 4.79 Å². The van der Waals surface area contributed by atoms with Crippen molar-refractivity contribution >= 4 is 21.7 Å². The van der Waals surface area contributed by atoms with Gasteiger partial charge < -0.3 is 17.0 Å². The van der Waals surface area contributed by atoms with Crippen molar-refractivity contribution in [2.24, 2.45) is 7.05 Å². The van der Waals surface area contributed by atoms with Crippen molar-refractivity contribution in [2.75, 3.05) is 0 Å². The number of aryl methyl sites for hydroxylation is 1. The molecule has 2 aromatic rings. The molecule has 0 fully saturated rings. The number of halogens is 2. The fraction of sp³-hybridized carbons (Fsp3) is 0.167. The van der Waals surface area contributed by atoms with Crippen LogP contribution >= 0.6 is 15.9 Å². The highest BCUT2D eigenvalue weighted by molar-refractivity contribution is 9.10. The average molecular weight is 360 g/mol. The Bertz CT molecular complexity index is 505. The van der Waals surface area contributed by atoms with Gasteiger partial charge in [-0.15, -0.1) is 0 Å². The topological polar surface area (TPSA) is 25.9 Å².